The highest BCUT2D eigenvalue weighted by atomic mass is 19.1. The summed E-state index contributed by atoms with van der Waals surface area (Å²) in [6.07, 6.45) is 2.44. The van der Waals surface area contributed by atoms with E-state index in [0.29, 0.717) is 17.1 Å². The Bertz CT molecular complexity index is 518. The number of aliphatic hydroxyl groups excluding tert-OH is 1. The van der Waals surface area contributed by atoms with Crippen molar-refractivity contribution in [2.24, 2.45) is 0 Å². The van der Waals surface area contributed by atoms with Gasteiger partial charge >= 0.3 is 0 Å². The molecule has 0 aliphatic carbocycles. The van der Waals surface area contributed by atoms with E-state index >= 15 is 0 Å². The van der Waals surface area contributed by atoms with Crippen molar-refractivity contribution in [1.82, 2.24) is 9.97 Å². The van der Waals surface area contributed by atoms with Crippen molar-refractivity contribution in [3.8, 4) is 5.75 Å². The van der Waals surface area contributed by atoms with E-state index < -0.39 is 11.9 Å². The van der Waals surface area contributed by atoms with Crippen LogP contribution in [0.15, 0.2) is 36.7 Å². The van der Waals surface area contributed by atoms with Crippen molar-refractivity contribution in [1.29, 1.82) is 0 Å². The summed E-state index contributed by atoms with van der Waals surface area (Å²) in [4.78, 5) is 8.03. The van der Waals surface area contributed by atoms with Crippen LogP contribution in [0.2, 0.25) is 0 Å². The molecule has 0 bridgehead atoms. The van der Waals surface area contributed by atoms with Gasteiger partial charge in [-0.05, 0) is 31.2 Å². The lowest BCUT2D eigenvalue weighted by Crippen LogP contribution is -2.04. The molecule has 5 heteroatoms. The third kappa shape index (κ3) is 3.01. The quantitative estimate of drug-likeness (QED) is 0.901. The molecule has 0 amide bonds. The SMILES string of the molecule is CC(O)c1cc(F)ccc1OCc1ncccn1. The summed E-state index contributed by atoms with van der Waals surface area (Å²) in [6, 6.07) is 5.74. The second kappa shape index (κ2) is 5.55. The van der Waals surface area contributed by atoms with Crippen LogP contribution >= 0.6 is 0 Å². The van der Waals surface area contributed by atoms with E-state index in [1.54, 1.807) is 25.4 Å². The van der Waals surface area contributed by atoms with E-state index in [2.05, 4.69) is 9.97 Å². The van der Waals surface area contributed by atoms with E-state index in [1.807, 2.05) is 0 Å². The van der Waals surface area contributed by atoms with Crippen LogP contribution in [0.1, 0.15) is 24.4 Å². The molecule has 1 N–H and O–H groups in total. The molecular formula is C13H13FN2O2. The molecule has 2 aromatic rings. The molecule has 18 heavy (non-hydrogen) atoms. The highest BCUT2D eigenvalue weighted by Gasteiger charge is 2.11. The molecule has 4 nitrogen and oxygen atoms in total. The number of rotatable bonds is 4. The lowest BCUT2D eigenvalue weighted by molar-refractivity contribution is 0.189. The summed E-state index contributed by atoms with van der Waals surface area (Å²) in [6.45, 7) is 1.73. The largest absolute Gasteiger partial charge is 0.485 e. The Kier molecular flexibility index (Phi) is 3.84. The number of nitrogens with zero attached hydrogens (tertiary/aromatic N) is 2. The van der Waals surface area contributed by atoms with Gasteiger partial charge in [-0.25, -0.2) is 14.4 Å². The molecule has 0 saturated carbocycles. The van der Waals surface area contributed by atoms with Gasteiger partial charge in [0.05, 0.1) is 6.10 Å². The van der Waals surface area contributed by atoms with Gasteiger partial charge in [0.1, 0.15) is 18.2 Å². The first kappa shape index (κ1) is 12.4. The fourth-order valence-electron chi connectivity index (χ4n) is 1.52. The van der Waals surface area contributed by atoms with Gasteiger partial charge in [-0.2, -0.15) is 0 Å². The van der Waals surface area contributed by atoms with Gasteiger partial charge < -0.3 is 9.84 Å². The smallest absolute Gasteiger partial charge is 0.166 e. The van der Waals surface area contributed by atoms with Crippen LogP contribution in [0.4, 0.5) is 4.39 Å². The van der Waals surface area contributed by atoms with Crippen LogP contribution in [0.25, 0.3) is 0 Å². The van der Waals surface area contributed by atoms with Gasteiger partial charge in [0.25, 0.3) is 0 Å². The molecule has 0 aliphatic rings. The van der Waals surface area contributed by atoms with Gasteiger partial charge in [0.15, 0.2) is 5.82 Å². The molecule has 1 aromatic carbocycles. The standard InChI is InChI=1S/C13H13FN2O2/c1-9(17)11-7-10(14)3-4-12(11)18-8-13-15-5-2-6-16-13/h2-7,9,17H,8H2,1H3. The van der Waals surface area contributed by atoms with E-state index in [0.717, 1.165) is 0 Å². The van der Waals surface area contributed by atoms with E-state index in [4.69, 9.17) is 4.74 Å². The van der Waals surface area contributed by atoms with Crippen molar-refractivity contribution in [2.45, 2.75) is 19.6 Å². The monoisotopic (exact) mass is 248 g/mol. The van der Waals surface area contributed by atoms with Crippen LogP contribution in [0, 0.1) is 5.82 Å². The highest BCUT2D eigenvalue weighted by Crippen LogP contribution is 2.26. The summed E-state index contributed by atoms with van der Waals surface area (Å²) in [5.74, 6) is 0.548. The third-order valence-electron chi connectivity index (χ3n) is 2.40. The van der Waals surface area contributed by atoms with Crippen molar-refractivity contribution < 1.29 is 14.2 Å². The lowest BCUT2D eigenvalue weighted by atomic mass is 10.1. The molecule has 0 fully saturated rings. The number of ether oxygens (including phenoxy) is 1. The molecule has 0 radical (unpaired) electrons. The Balaban J connectivity index is 2.14. The minimum atomic E-state index is -0.799. The normalized spacial score (nSPS) is 12.2. The first-order chi connectivity index (χ1) is 8.66. The first-order valence-corrected chi connectivity index (χ1v) is 5.53. The zero-order chi connectivity index (χ0) is 13.0. The average Bonchev–Trinajstić information content (AvgIpc) is 2.38. The number of halogens is 1. The Morgan fingerprint density at radius 2 is 2.06 bits per heavy atom. The summed E-state index contributed by atoms with van der Waals surface area (Å²) >= 11 is 0. The second-order valence-corrected chi connectivity index (χ2v) is 3.81. The Hall–Kier alpha value is -2.01. The fourth-order valence-corrected chi connectivity index (χ4v) is 1.52. The molecule has 0 spiro atoms. The van der Waals surface area contributed by atoms with Crippen LogP contribution in [-0.4, -0.2) is 15.1 Å². The molecule has 0 aliphatic heterocycles. The minimum Gasteiger partial charge on any atom is -0.485 e. The van der Waals surface area contributed by atoms with Gasteiger partial charge in [-0.1, -0.05) is 0 Å². The number of hydrogen-bond acceptors (Lipinski definition) is 4. The van der Waals surface area contributed by atoms with Gasteiger partial charge in [-0.3, -0.25) is 0 Å². The van der Waals surface area contributed by atoms with E-state index in [1.165, 1.54) is 18.2 Å². The molecule has 2 rings (SSSR count). The van der Waals surface area contributed by atoms with Gasteiger partial charge in [-0.15, -0.1) is 0 Å². The zero-order valence-corrected chi connectivity index (χ0v) is 9.88. The van der Waals surface area contributed by atoms with Crippen LogP contribution in [-0.2, 0) is 6.61 Å². The van der Waals surface area contributed by atoms with Crippen molar-refractivity contribution in [3.05, 3.63) is 53.9 Å². The maximum atomic E-state index is 13.1. The fraction of sp³-hybridized carbons (Fsp3) is 0.231. The minimum absolute atomic E-state index is 0.173. The average molecular weight is 248 g/mol. The maximum absolute atomic E-state index is 13.1. The van der Waals surface area contributed by atoms with Crippen LogP contribution < -0.4 is 4.74 Å². The molecule has 1 unspecified atom stereocenters. The van der Waals surface area contributed by atoms with Crippen molar-refractivity contribution in [2.75, 3.05) is 0 Å². The topological polar surface area (TPSA) is 55.2 Å². The summed E-state index contributed by atoms with van der Waals surface area (Å²) in [7, 11) is 0. The van der Waals surface area contributed by atoms with Crippen LogP contribution in [0.3, 0.4) is 0 Å². The Labute approximate surface area is 104 Å². The predicted octanol–water partition coefficient (Wildman–Crippen LogP) is 2.25. The number of aromatic nitrogens is 2. The van der Waals surface area contributed by atoms with Crippen LogP contribution in [0.5, 0.6) is 5.75 Å². The van der Waals surface area contributed by atoms with Crippen molar-refractivity contribution in [3.63, 3.8) is 0 Å². The Morgan fingerprint density at radius 3 is 2.72 bits per heavy atom. The van der Waals surface area contributed by atoms with Gasteiger partial charge in [0, 0.05) is 18.0 Å². The molecule has 0 saturated heterocycles. The molecule has 1 heterocycles. The first-order valence-electron chi connectivity index (χ1n) is 5.53. The number of hydrogen-bond donors (Lipinski definition) is 1. The highest BCUT2D eigenvalue weighted by molar-refractivity contribution is 5.35. The molecule has 1 aromatic heterocycles. The van der Waals surface area contributed by atoms with Gasteiger partial charge in [0.2, 0.25) is 0 Å². The van der Waals surface area contributed by atoms with E-state index in [9.17, 15) is 9.50 Å². The summed E-state index contributed by atoms with van der Waals surface area (Å²) in [5.41, 5.74) is 0.408. The molecular weight excluding hydrogens is 235 g/mol. The maximum Gasteiger partial charge on any atom is 0.166 e. The van der Waals surface area contributed by atoms with E-state index in [-0.39, 0.29) is 6.61 Å². The second-order valence-electron chi connectivity index (χ2n) is 3.81. The van der Waals surface area contributed by atoms with Crippen molar-refractivity contribution >= 4 is 0 Å². The zero-order valence-electron chi connectivity index (χ0n) is 9.88. The third-order valence-corrected chi connectivity index (χ3v) is 2.40. The predicted molar refractivity (Wildman–Crippen MR) is 63.4 cm³/mol. The summed E-state index contributed by atoms with van der Waals surface area (Å²) in [5, 5.41) is 9.55. The molecule has 94 valence electrons. The number of benzene rings is 1. The summed E-state index contributed by atoms with van der Waals surface area (Å²) < 4.78 is 18.6. The molecule has 1 atom stereocenters. The Morgan fingerprint density at radius 1 is 1.33 bits per heavy atom. The lowest BCUT2D eigenvalue weighted by Gasteiger charge is -2.12. The number of aliphatic hydroxyl groups is 1.